The van der Waals surface area contributed by atoms with Crippen molar-refractivity contribution in [3.63, 3.8) is 0 Å². The zero-order valence-corrected chi connectivity index (χ0v) is 14.0. The molecule has 1 amide bonds. The van der Waals surface area contributed by atoms with E-state index in [0.717, 1.165) is 24.7 Å². The second kappa shape index (κ2) is 6.39. The minimum absolute atomic E-state index is 0.0477. The molecule has 4 rings (SSSR count). The largest absolute Gasteiger partial charge is 0.339 e. The van der Waals surface area contributed by atoms with E-state index in [1.54, 1.807) is 29.3 Å². The Morgan fingerprint density at radius 2 is 1.88 bits per heavy atom. The highest BCUT2D eigenvalue weighted by atomic mass is 16.2. The SMILES string of the molecule is Cn1ccnc1N1CCN(C(=O)c2cc(-n3cccn3)ccn2)CC1. The first kappa shape index (κ1) is 15.4. The number of nitrogens with zero attached hydrogens (tertiary/aromatic N) is 7. The van der Waals surface area contributed by atoms with Crippen molar-refractivity contribution in [3.8, 4) is 5.69 Å². The van der Waals surface area contributed by atoms with Gasteiger partial charge in [0, 0.05) is 64.2 Å². The maximum absolute atomic E-state index is 12.8. The van der Waals surface area contributed by atoms with Crippen molar-refractivity contribution in [1.82, 2.24) is 29.2 Å². The van der Waals surface area contributed by atoms with Gasteiger partial charge < -0.3 is 14.4 Å². The summed E-state index contributed by atoms with van der Waals surface area (Å²) in [6.45, 7) is 2.82. The molecule has 8 nitrogen and oxygen atoms in total. The molecule has 3 aromatic heterocycles. The van der Waals surface area contributed by atoms with Gasteiger partial charge in [-0.3, -0.25) is 9.78 Å². The van der Waals surface area contributed by atoms with Gasteiger partial charge in [0.1, 0.15) is 5.69 Å². The van der Waals surface area contributed by atoms with E-state index in [9.17, 15) is 4.79 Å². The lowest BCUT2D eigenvalue weighted by atomic mass is 10.2. The average molecular weight is 337 g/mol. The minimum atomic E-state index is -0.0477. The number of piperazine rings is 1. The summed E-state index contributed by atoms with van der Waals surface area (Å²) in [5.74, 6) is 0.888. The lowest BCUT2D eigenvalue weighted by Gasteiger charge is -2.35. The fraction of sp³-hybridized carbons (Fsp3) is 0.294. The zero-order valence-electron chi connectivity index (χ0n) is 14.0. The molecule has 0 N–H and O–H groups in total. The average Bonchev–Trinajstić information content (AvgIpc) is 3.33. The number of hydrogen-bond donors (Lipinski definition) is 0. The molecule has 128 valence electrons. The van der Waals surface area contributed by atoms with Crippen LogP contribution in [0.2, 0.25) is 0 Å². The normalized spacial score (nSPS) is 14.8. The Kier molecular flexibility index (Phi) is 3.93. The van der Waals surface area contributed by atoms with Crippen LogP contribution in [0.3, 0.4) is 0 Å². The fourth-order valence-corrected chi connectivity index (χ4v) is 3.03. The Morgan fingerprint density at radius 1 is 1.04 bits per heavy atom. The van der Waals surface area contributed by atoms with Crippen LogP contribution in [-0.2, 0) is 7.05 Å². The Labute approximate surface area is 145 Å². The maximum Gasteiger partial charge on any atom is 0.272 e. The molecule has 8 heteroatoms. The molecule has 0 aliphatic carbocycles. The second-order valence-corrected chi connectivity index (χ2v) is 5.97. The highest BCUT2D eigenvalue weighted by molar-refractivity contribution is 5.93. The first-order valence-electron chi connectivity index (χ1n) is 8.20. The predicted molar refractivity (Wildman–Crippen MR) is 92.7 cm³/mol. The zero-order chi connectivity index (χ0) is 17.2. The maximum atomic E-state index is 12.8. The summed E-state index contributed by atoms with van der Waals surface area (Å²) in [7, 11) is 1.98. The van der Waals surface area contributed by atoms with Crippen LogP contribution in [0.15, 0.2) is 49.2 Å². The quantitative estimate of drug-likeness (QED) is 0.712. The van der Waals surface area contributed by atoms with Gasteiger partial charge in [0.05, 0.1) is 5.69 Å². The molecule has 0 radical (unpaired) electrons. The van der Waals surface area contributed by atoms with Gasteiger partial charge in [-0.25, -0.2) is 9.67 Å². The lowest BCUT2D eigenvalue weighted by molar-refractivity contribution is 0.0740. The summed E-state index contributed by atoms with van der Waals surface area (Å²) >= 11 is 0. The van der Waals surface area contributed by atoms with Gasteiger partial charge in [0.15, 0.2) is 0 Å². The monoisotopic (exact) mass is 337 g/mol. The third kappa shape index (κ3) is 2.98. The van der Waals surface area contributed by atoms with Crippen LogP contribution in [0.25, 0.3) is 5.69 Å². The van der Waals surface area contributed by atoms with Gasteiger partial charge in [-0.2, -0.15) is 5.10 Å². The van der Waals surface area contributed by atoms with E-state index in [-0.39, 0.29) is 5.91 Å². The molecule has 1 aliphatic rings. The Bertz CT molecular complexity index is 863. The molecule has 4 heterocycles. The molecule has 0 atom stereocenters. The standard InChI is InChI=1S/C17H19N7O/c1-21-8-6-19-17(21)23-11-9-22(10-12-23)16(25)15-13-14(3-5-18-15)24-7-2-4-20-24/h2-8,13H,9-12H2,1H3. The third-order valence-electron chi connectivity index (χ3n) is 4.38. The first-order valence-corrected chi connectivity index (χ1v) is 8.20. The van der Waals surface area contributed by atoms with Crippen LogP contribution < -0.4 is 4.90 Å². The van der Waals surface area contributed by atoms with Crippen LogP contribution in [0.4, 0.5) is 5.95 Å². The van der Waals surface area contributed by atoms with E-state index in [0.29, 0.717) is 18.8 Å². The topological polar surface area (TPSA) is 72.1 Å². The number of carbonyl (C=O) groups excluding carboxylic acids is 1. The van der Waals surface area contributed by atoms with Crippen molar-refractivity contribution in [2.24, 2.45) is 7.05 Å². The number of amides is 1. The van der Waals surface area contributed by atoms with Crippen LogP contribution in [-0.4, -0.2) is 61.3 Å². The van der Waals surface area contributed by atoms with E-state index in [1.165, 1.54) is 0 Å². The molecular formula is C17H19N7O. The smallest absolute Gasteiger partial charge is 0.272 e. The molecule has 3 aromatic rings. The fourth-order valence-electron chi connectivity index (χ4n) is 3.03. The molecular weight excluding hydrogens is 318 g/mol. The molecule has 0 bridgehead atoms. The summed E-state index contributed by atoms with van der Waals surface area (Å²) in [5, 5.41) is 4.19. The van der Waals surface area contributed by atoms with Crippen molar-refractivity contribution in [3.05, 3.63) is 54.9 Å². The van der Waals surface area contributed by atoms with Crippen molar-refractivity contribution in [2.45, 2.75) is 0 Å². The Morgan fingerprint density at radius 3 is 2.56 bits per heavy atom. The summed E-state index contributed by atoms with van der Waals surface area (Å²) in [6.07, 6.45) is 8.91. The molecule has 0 saturated carbocycles. The molecule has 0 aromatic carbocycles. The number of imidazole rings is 1. The van der Waals surface area contributed by atoms with Crippen molar-refractivity contribution >= 4 is 11.9 Å². The number of rotatable bonds is 3. The molecule has 0 spiro atoms. The summed E-state index contributed by atoms with van der Waals surface area (Å²) < 4.78 is 3.71. The molecule has 25 heavy (non-hydrogen) atoms. The van der Waals surface area contributed by atoms with Crippen LogP contribution in [0.1, 0.15) is 10.5 Å². The summed E-state index contributed by atoms with van der Waals surface area (Å²) in [5.41, 5.74) is 1.27. The number of aryl methyl sites for hydroxylation is 1. The summed E-state index contributed by atoms with van der Waals surface area (Å²) in [6, 6.07) is 5.46. The molecule has 1 fully saturated rings. The highest BCUT2D eigenvalue weighted by Gasteiger charge is 2.24. The van der Waals surface area contributed by atoms with Gasteiger partial charge in [-0.05, 0) is 18.2 Å². The van der Waals surface area contributed by atoms with Crippen molar-refractivity contribution in [1.29, 1.82) is 0 Å². The van der Waals surface area contributed by atoms with E-state index in [1.807, 2.05) is 41.0 Å². The highest BCUT2D eigenvalue weighted by Crippen LogP contribution is 2.15. The number of carbonyl (C=O) groups is 1. The van der Waals surface area contributed by atoms with E-state index in [4.69, 9.17) is 0 Å². The van der Waals surface area contributed by atoms with Crippen LogP contribution in [0.5, 0.6) is 0 Å². The first-order chi connectivity index (χ1) is 12.2. The van der Waals surface area contributed by atoms with Crippen LogP contribution >= 0.6 is 0 Å². The number of anilines is 1. The number of hydrogen-bond acceptors (Lipinski definition) is 5. The van der Waals surface area contributed by atoms with E-state index >= 15 is 0 Å². The number of pyridine rings is 1. The van der Waals surface area contributed by atoms with Gasteiger partial charge in [-0.1, -0.05) is 0 Å². The minimum Gasteiger partial charge on any atom is -0.339 e. The van der Waals surface area contributed by atoms with Crippen molar-refractivity contribution in [2.75, 3.05) is 31.1 Å². The predicted octanol–water partition coefficient (Wildman–Crippen LogP) is 0.963. The summed E-state index contributed by atoms with van der Waals surface area (Å²) in [4.78, 5) is 25.4. The van der Waals surface area contributed by atoms with Gasteiger partial charge in [0.2, 0.25) is 5.95 Å². The second-order valence-electron chi connectivity index (χ2n) is 5.97. The Balaban J connectivity index is 1.46. The molecule has 1 saturated heterocycles. The number of aromatic nitrogens is 5. The van der Waals surface area contributed by atoms with Gasteiger partial charge in [0.25, 0.3) is 5.91 Å². The molecule has 1 aliphatic heterocycles. The van der Waals surface area contributed by atoms with E-state index in [2.05, 4.69) is 20.0 Å². The van der Waals surface area contributed by atoms with Gasteiger partial charge >= 0.3 is 0 Å². The molecule has 0 unspecified atom stereocenters. The van der Waals surface area contributed by atoms with E-state index < -0.39 is 0 Å². The van der Waals surface area contributed by atoms with Crippen LogP contribution in [0, 0.1) is 0 Å². The third-order valence-corrected chi connectivity index (χ3v) is 4.38. The lowest BCUT2D eigenvalue weighted by Crippen LogP contribution is -2.49. The van der Waals surface area contributed by atoms with Gasteiger partial charge in [-0.15, -0.1) is 0 Å². The van der Waals surface area contributed by atoms with Crippen molar-refractivity contribution < 1.29 is 4.79 Å². The Hall–Kier alpha value is -3.16.